The van der Waals surface area contributed by atoms with Crippen LogP contribution >= 0.6 is 15.9 Å². The lowest BCUT2D eigenvalue weighted by molar-refractivity contribution is 0.0950. The lowest BCUT2D eigenvalue weighted by atomic mass is 10.2. The van der Waals surface area contributed by atoms with Crippen molar-refractivity contribution in [2.45, 2.75) is 11.4 Å². The minimum absolute atomic E-state index is 0.106. The van der Waals surface area contributed by atoms with Gasteiger partial charge in [-0.05, 0) is 60.2 Å². The van der Waals surface area contributed by atoms with E-state index in [4.69, 9.17) is 4.74 Å². The monoisotopic (exact) mass is 492 g/mol. The number of sulfonamides is 1. The molecular formula is C21H18BrFN2O4S. The third-order valence-corrected chi connectivity index (χ3v) is 6.11. The average Bonchev–Trinajstić information content (AvgIpc) is 2.74. The van der Waals surface area contributed by atoms with E-state index in [0.717, 1.165) is 4.47 Å². The van der Waals surface area contributed by atoms with Crippen LogP contribution in [0.5, 0.6) is 5.75 Å². The molecule has 0 spiro atoms. The summed E-state index contributed by atoms with van der Waals surface area (Å²) in [7, 11) is -2.66. The topological polar surface area (TPSA) is 84.5 Å². The van der Waals surface area contributed by atoms with E-state index in [1.165, 1.54) is 37.4 Å². The highest BCUT2D eigenvalue weighted by molar-refractivity contribution is 9.10. The summed E-state index contributed by atoms with van der Waals surface area (Å²) in [5, 5.41) is 2.68. The van der Waals surface area contributed by atoms with Crippen molar-refractivity contribution in [2.24, 2.45) is 0 Å². The second kappa shape index (κ2) is 9.27. The number of methoxy groups -OCH3 is 1. The van der Waals surface area contributed by atoms with Gasteiger partial charge in [-0.15, -0.1) is 0 Å². The first kappa shape index (κ1) is 21.8. The van der Waals surface area contributed by atoms with E-state index in [0.29, 0.717) is 11.3 Å². The highest BCUT2D eigenvalue weighted by Crippen LogP contribution is 2.27. The Morgan fingerprint density at radius 1 is 1.03 bits per heavy atom. The molecule has 9 heteroatoms. The van der Waals surface area contributed by atoms with Gasteiger partial charge in [0.2, 0.25) is 0 Å². The molecule has 0 atom stereocenters. The number of nitrogens with one attached hydrogen (secondary N) is 2. The van der Waals surface area contributed by atoms with Gasteiger partial charge in [0, 0.05) is 22.3 Å². The van der Waals surface area contributed by atoms with Crippen molar-refractivity contribution >= 4 is 37.5 Å². The van der Waals surface area contributed by atoms with Crippen LogP contribution in [0.2, 0.25) is 0 Å². The SMILES string of the molecule is COc1ccc(C(=O)NCc2ccc(F)cc2)cc1S(=O)(=O)Nc1ccc(Br)cc1. The first-order valence-electron chi connectivity index (χ1n) is 8.77. The van der Waals surface area contributed by atoms with Gasteiger partial charge in [-0.3, -0.25) is 9.52 Å². The number of carbonyl (C=O) groups is 1. The van der Waals surface area contributed by atoms with Gasteiger partial charge >= 0.3 is 0 Å². The standard InChI is InChI=1S/C21H18BrFN2O4S/c1-29-19-11-4-15(21(26)24-13-14-2-7-17(23)8-3-14)12-20(19)30(27,28)25-18-9-5-16(22)6-10-18/h2-12,25H,13H2,1H3,(H,24,26). The molecule has 2 N–H and O–H groups in total. The Morgan fingerprint density at radius 2 is 1.70 bits per heavy atom. The average molecular weight is 493 g/mol. The van der Waals surface area contributed by atoms with Gasteiger partial charge in [-0.25, -0.2) is 12.8 Å². The number of carbonyl (C=O) groups excluding carboxylic acids is 1. The molecule has 0 radical (unpaired) electrons. The molecule has 3 aromatic rings. The molecule has 3 aromatic carbocycles. The summed E-state index contributed by atoms with van der Waals surface area (Å²) in [5.41, 5.74) is 1.23. The van der Waals surface area contributed by atoms with Crippen LogP contribution in [0.3, 0.4) is 0 Å². The summed E-state index contributed by atoms with van der Waals surface area (Å²) in [5.74, 6) is -0.731. The Balaban J connectivity index is 1.82. The van der Waals surface area contributed by atoms with Crippen molar-refractivity contribution in [1.29, 1.82) is 0 Å². The quantitative estimate of drug-likeness (QED) is 0.514. The number of benzene rings is 3. The van der Waals surface area contributed by atoms with Gasteiger partial charge in [0.05, 0.1) is 7.11 Å². The zero-order chi connectivity index (χ0) is 21.7. The van der Waals surface area contributed by atoms with Gasteiger partial charge in [-0.2, -0.15) is 0 Å². The molecule has 0 unspecified atom stereocenters. The molecule has 0 aliphatic heterocycles. The van der Waals surface area contributed by atoms with E-state index in [9.17, 15) is 17.6 Å². The van der Waals surface area contributed by atoms with Gasteiger partial charge in [0.25, 0.3) is 15.9 Å². The molecule has 3 rings (SSSR count). The number of rotatable bonds is 7. The number of hydrogen-bond acceptors (Lipinski definition) is 4. The summed E-state index contributed by atoms with van der Waals surface area (Å²) in [6.07, 6.45) is 0. The van der Waals surface area contributed by atoms with E-state index in [-0.39, 0.29) is 28.6 Å². The lowest BCUT2D eigenvalue weighted by Crippen LogP contribution is -2.23. The van der Waals surface area contributed by atoms with Crippen LogP contribution in [0.4, 0.5) is 10.1 Å². The van der Waals surface area contributed by atoms with E-state index in [2.05, 4.69) is 26.0 Å². The highest BCUT2D eigenvalue weighted by Gasteiger charge is 2.22. The molecule has 0 bridgehead atoms. The van der Waals surface area contributed by atoms with Crippen molar-refractivity contribution in [1.82, 2.24) is 5.32 Å². The van der Waals surface area contributed by atoms with E-state index < -0.39 is 15.9 Å². The number of amides is 1. The lowest BCUT2D eigenvalue weighted by Gasteiger charge is -2.13. The number of ether oxygens (including phenoxy) is 1. The Bertz CT molecular complexity index is 1150. The number of halogens is 2. The first-order valence-corrected chi connectivity index (χ1v) is 11.1. The Hall–Kier alpha value is -2.91. The third kappa shape index (κ3) is 5.37. The van der Waals surface area contributed by atoms with Gasteiger partial charge < -0.3 is 10.1 Å². The largest absolute Gasteiger partial charge is 0.495 e. The van der Waals surface area contributed by atoms with Crippen LogP contribution < -0.4 is 14.8 Å². The summed E-state index contributed by atoms with van der Waals surface area (Å²) in [6, 6.07) is 16.5. The maximum absolute atomic E-state index is 13.0. The second-order valence-electron chi connectivity index (χ2n) is 6.29. The van der Waals surface area contributed by atoms with Crippen LogP contribution in [-0.4, -0.2) is 21.4 Å². The number of anilines is 1. The smallest absolute Gasteiger partial charge is 0.265 e. The molecule has 0 aromatic heterocycles. The molecule has 156 valence electrons. The zero-order valence-electron chi connectivity index (χ0n) is 15.9. The maximum atomic E-state index is 13.0. The van der Waals surface area contributed by atoms with Crippen LogP contribution in [0.1, 0.15) is 15.9 Å². The minimum Gasteiger partial charge on any atom is -0.495 e. The van der Waals surface area contributed by atoms with Crippen molar-refractivity contribution in [3.8, 4) is 5.75 Å². The molecule has 0 aliphatic rings. The third-order valence-electron chi connectivity index (χ3n) is 4.18. The fourth-order valence-electron chi connectivity index (χ4n) is 2.64. The zero-order valence-corrected chi connectivity index (χ0v) is 18.3. The second-order valence-corrected chi connectivity index (χ2v) is 8.85. The van der Waals surface area contributed by atoms with E-state index >= 15 is 0 Å². The van der Waals surface area contributed by atoms with Crippen LogP contribution in [0.25, 0.3) is 0 Å². The van der Waals surface area contributed by atoms with Gasteiger partial charge in [0.15, 0.2) is 0 Å². The summed E-state index contributed by atoms with van der Waals surface area (Å²) >= 11 is 3.29. The molecule has 0 saturated heterocycles. The molecule has 0 heterocycles. The van der Waals surface area contributed by atoms with Crippen molar-refractivity contribution in [3.63, 3.8) is 0 Å². The van der Waals surface area contributed by atoms with Crippen LogP contribution in [0, 0.1) is 5.82 Å². The highest BCUT2D eigenvalue weighted by atomic mass is 79.9. The summed E-state index contributed by atoms with van der Waals surface area (Å²) in [4.78, 5) is 12.3. The Morgan fingerprint density at radius 3 is 2.33 bits per heavy atom. The molecule has 0 aliphatic carbocycles. The molecule has 0 saturated carbocycles. The van der Waals surface area contributed by atoms with Crippen LogP contribution in [-0.2, 0) is 16.6 Å². The predicted molar refractivity (Wildman–Crippen MR) is 116 cm³/mol. The van der Waals surface area contributed by atoms with Crippen molar-refractivity contribution in [3.05, 3.63) is 88.1 Å². The first-order chi connectivity index (χ1) is 14.3. The molecule has 30 heavy (non-hydrogen) atoms. The predicted octanol–water partition coefficient (Wildman–Crippen LogP) is 4.33. The minimum atomic E-state index is -4.01. The Labute approximate surface area is 182 Å². The molecule has 6 nitrogen and oxygen atoms in total. The number of hydrogen-bond donors (Lipinski definition) is 2. The fraction of sp³-hybridized carbons (Fsp3) is 0.0952. The fourth-order valence-corrected chi connectivity index (χ4v) is 4.16. The van der Waals surface area contributed by atoms with Crippen LogP contribution in [0.15, 0.2) is 76.1 Å². The van der Waals surface area contributed by atoms with E-state index in [1.807, 2.05) is 0 Å². The molecular weight excluding hydrogens is 475 g/mol. The Kier molecular flexibility index (Phi) is 6.73. The van der Waals surface area contributed by atoms with Crippen molar-refractivity contribution < 1.29 is 22.3 Å². The summed E-state index contributed by atoms with van der Waals surface area (Å²) < 4.78 is 47.2. The molecule has 0 fully saturated rings. The summed E-state index contributed by atoms with van der Waals surface area (Å²) in [6.45, 7) is 0.171. The van der Waals surface area contributed by atoms with Crippen molar-refractivity contribution in [2.75, 3.05) is 11.8 Å². The molecule has 1 amide bonds. The van der Waals surface area contributed by atoms with Gasteiger partial charge in [0.1, 0.15) is 16.5 Å². The van der Waals surface area contributed by atoms with E-state index in [1.54, 1.807) is 36.4 Å². The maximum Gasteiger partial charge on any atom is 0.265 e. The normalized spacial score (nSPS) is 11.0. The van der Waals surface area contributed by atoms with Gasteiger partial charge in [-0.1, -0.05) is 28.1 Å².